The first-order valence-electron chi connectivity index (χ1n) is 8.37. The maximum absolute atomic E-state index is 13.0. The topological polar surface area (TPSA) is 42.4 Å². The lowest BCUT2D eigenvalue weighted by atomic mass is 10.1. The van der Waals surface area contributed by atoms with E-state index in [0.717, 1.165) is 23.1 Å². The summed E-state index contributed by atoms with van der Waals surface area (Å²) in [5.41, 5.74) is 1.27. The Balaban J connectivity index is 1.37. The molecule has 0 spiro atoms. The zero-order valence-electron chi connectivity index (χ0n) is 13.8. The number of thiazole rings is 1. The number of benzene rings is 2. The van der Waals surface area contributed by atoms with Crippen molar-refractivity contribution in [2.45, 2.75) is 18.9 Å². The van der Waals surface area contributed by atoms with Crippen LogP contribution in [0.3, 0.4) is 0 Å². The smallest absolute Gasteiger partial charge is 0.274 e. The van der Waals surface area contributed by atoms with Gasteiger partial charge >= 0.3 is 0 Å². The van der Waals surface area contributed by atoms with E-state index in [-0.39, 0.29) is 17.8 Å². The lowest BCUT2D eigenvalue weighted by Crippen LogP contribution is -2.41. The van der Waals surface area contributed by atoms with Crippen molar-refractivity contribution in [2.24, 2.45) is 0 Å². The molecule has 0 saturated carbocycles. The maximum atomic E-state index is 13.0. The molecule has 3 aromatic rings. The van der Waals surface area contributed by atoms with Crippen molar-refractivity contribution in [1.29, 1.82) is 0 Å². The van der Waals surface area contributed by atoms with Crippen molar-refractivity contribution in [1.82, 2.24) is 9.88 Å². The molecule has 7 heteroatoms. The van der Waals surface area contributed by atoms with E-state index in [1.54, 1.807) is 4.90 Å². The standard InChI is InChI=1S/C19H16ClFN2O2S/c20-15-2-1-3-16-17(15)22-19(26-16)25-14-8-10-23(11-9-14)18(24)12-4-6-13(21)7-5-12/h1-7,14H,8-11H2. The first-order valence-corrected chi connectivity index (χ1v) is 9.56. The number of halogens is 2. The number of carbonyl (C=O) groups is 1. The number of carbonyl (C=O) groups excluding carboxylic acids is 1. The van der Waals surface area contributed by atoms with Gasteiger partial charge in [-0.05, 0) is 36.4 Å². The van der Waals surface area contributed by atoms with Crippen LogP contribution < -0.4 is 4.74 Å². The van der Waals surface area contributed by atoms with Gasteiger partial charge in [-0.1, -0.05) is 29.0 Å². The van der Waals surface area contributed by atoms with Gasteiger partial charge in [-0.2, -0.15) is 0 Å². The van der Waals surface area contributed by atoms with Crippen LogP contribution in [0.15, 0.2) is 42.5 Å². The van der Waals surface area contributed by atoms with Gasteiger partial charge in [0.25, 0.3) is 11.1 Å². The quantitative estimate of drug-likeness (QED) is 0.646. The molecule has 0 N–H and O–H groups in total. The predicted molar refractivity (Wildman–Crippen MR) is 101 cm³/mol. The minimum Gasteiger partial charge on any atom is -0.467 e. The van der Waals surface area contributed by atoms with Crippen LogP contribution in [0.5, 0.6) is 5.19 Å². The van der Waals surface area contributed by atoms with Crippen molar-refractivity contribution in [3.05, 3.63) is 58.9 Å². The average Bonchev–Trinajstić information content (AvgIpc) is 3.06. The molecular formula is C19H16ClFN2O2S. The molecule has 2 heterocycles. The highest BCUT2D eigenvalue weighted by atomic mass is 35.5. The van der Waals surface area contributed by atoms with Gasteiger partial charge in [0.15, 0.2) is 0 Å². The van der Waals surface area contributed by atoms with Crippen LogP contribution in [-0.2, 0) is 0 Å². The van der Waals surface area contributed by atoms with Crippen molar-refractivity contribution in [3.8, 4) is 5.19 Å². The van der Waals surface area contributed by atoms with E-state index in [9.17, 15) is 9.18 Å². The summed E-state index contributed by atoms with van der Waals surface area (Å²) in [4.78, 5) is 18.7. The lowest BCUT2D eigenvalue weighted by Gasteiger charge is -2.31. The Hall–Kier alpha value is -2.18. The minimum atomic E-state index is -0.343. The Morgan fingerprint density at radius 1 is 1.19 bits per heavy atom. The second-order valence-corrected chi connectivity index (χ2v) is 7.58. The predicted octanol–water partition coefficient (Wildman–Crippen LogP) is 4.77. The Bertz CT molecular complexity index is 936. The summed E-state index contributed by atoms with van der Waals surface area (Å²) >= 11 is 7.63. The number of hydrogen-bond donors (Lipinski definition) is 0. The van der Waals surface area contributed by atoms with Crippen molar-refractivity contribution >= 4 is 39.1 Å². The zero-order chi connectivity index (χ0) is 18.1. The molecule has 1 aliphatic heterocycles. The highest BCUT2D eigenvalue weighted by Crippen LogP contribution is 2.33. The summed E-state index contributed by atoms with van der Waals surface area (Å²) in [6, 6.07) is 11.3. The molecule has 0 bridgehead atoms. The van der Waals surface area contributed by atoms with Gasteiger partial charge in [0, 0.05) is 31.5 Å². The van der Waals surface area contributed by atoms with Crippen LogP contribution in [-0.4, -0.2) is 35.0 Å². The van der Waals surface area contributed by atoms with Gasteiger partial charge < -0.3 is 9.64 Å². The van der Waals surface area contributed by atoms with Gasteiger partial charge in [-0.15, -0.1) is 0 Å². The molecule has 4 rings (SSSR count). The van der Waals surface area contributed by atoms with E-state index < -0.39 is 0 Å². The Morgan fingerprint density at radius 3 is 2.62 bits per heavy atom. The highest BCUT2D eigenvalue weighted by Gasteiger charge is 2.25. The number of para-hydroxylation sites is 1. The second-order valence-electron chi connectivity index (χ2n) is 6.18. The van der Waals surface area contributed by atoms with Crippen LogP contribution in [0.1, 0.15) is 23.2 Å². The summed E-state index contributed by atoms with van der Waals surface area (Å²) in [6.45, 7) is 1.21. The van der Waals surface area contributed by atoms with Crippen molar-refractivity contribution in [2.75, 3.05) is 13.1 Å². The third-order valence-electron chi connectivity index (χ3n) is 4.44. The molecule has 0 atom stereocenters. The molecule has 26 heavy (non-hydrogen) atoms. The number of hydrogen-bond acceptors (Lipinski definition) is 4. The number of likely N-dealkylation sites (tertiary alicyclic amines) is 1. The number of piperidine rings is 1. The second kappa shape index (κ2) is 7.21. The Labute approximate surface area is 159 Å². The summed E-state index contributed by atoms with van der Waals surface area (Å²) in [7, 11) is 0. The molecule has 134 valence electrons. The van der Waals surface area contributed by atoms with E-state index >= 15 is 0 Å². The molecule has 4 nitrogen and oxygen atoms in total. The third-order valence-corrected chi connectivity index (χ3v) is 5.65. The molecule has 2 aromatic carbocycles. The number of nitrogens with zero attached hydrogens (tertiary/aromatic N) is 2. The van der Waals surface area contributed by atoms with Gasteiger partial charge in [-0.25, -0.2) is 9.37 Å². The fraction of sp³-hybridized carbons (Fsp3) is 0.263. The molecular weight excluding hydrogens is 375 g/mol. The molecule has 1 saturated heterocycles. The van der Waals surface area contributed by atoms with Gasteiger partial charge in [0.1, 0.15) is 17.4 Å². The molecule has 0 aliphatic carbocycles. The minimum absolute atomic E-state index is 0.0200. The summed E-state index contributed by atoms with van der Waals surface area (Å²) in [5, 5.41) is 1.23. The van der Waals surface area contributed by atoms with Crippen LogP contribution >= 0.6 is 22.9 Å². The average molecular weight is 391 g/mol. The highest BCUT2D eigenvalue weighted by molar-refractivity contribution is 7.20. The van der Waals surface area contributed by atoms with E-state index in [4.69, 9.17) is 16.3 Å². The van der Waals surface area contributed by atoms with Crippen LogP contribution in [0, 0.1) is 5.82 Å². The van der Waals surface area contributed by atoms with Gasteiger partial charge in [0.05, 0.1) is 9.72 Å². The number of aromatic nitrogens is 1. The fourth-order valence-electron chi connectivity index (χ4n) is 3.04. The van der Waals surface area contributed by atoms with E-state index in [1.807, 2.05) is 18.2 Å². The maximum Gasteiger partial charge on any atom is 0.274 e. The van der Waals surface area contributed by atoms with E-state index in [2.05, 4.69) is 4.98 Å². The summed E-state index contributed by atoms with van der Waals surface area (Å²) < 4.78 is 20.0. The molecule has 1 amide bonds. The van der Waals surface area contributed by atoms with Crippen LogP contribution in [0.2, 0.25) is 5.02 Å². The van der Waals surface area contributed by atoms with Crippen molar-refractivity contribution in [3.63, 3.8) is 0 Å². The largest absolute Gasteiger partial charge is 0.467 e. The molecule has 1 aromatic heterocycles. The number of fused-ring (bicyclic) bond motifs is 1. The first-order chi connectivity index (χ1) is 12.6. The number of ether oxygens (including phenoxy) is 1. The van der Waals surface area contributed by atoms with Crippen LogP contribution in [0.25, 0.3) is 10.2 Å². The van der Waals surface area contributed by atoms with Gasteiger partial charge in [0.2, 0.25) is 0 Å². The molecule has 0 unspecified atom stereocenters. The van der Waals surface area contributed by atoms with E-state index in [1.165, 1.54) is 35.6 Å². The van der Waals surface area contributed by atoms with Gasteiger partial charge in [-0.3, -0.25) is 4.79 Å². The summed E-state index contributed by atoms with van der Waals surface area (Å²) in [6.07, 6.45) is 1.49. The zero-order valence-corrected chi connectivity index (χ0v) is 15.4. The normalized spacial score (nSPS) is 15.4. The Morgan fingerprint density at radius 2 is 1.92 bits per heavy atom. The Kier molecular flexibility index (Phi) is 4.78. The fourth-order valence-corrected chi connectivity index (χ4v) is 4.22. The molecule has 0 radical (unpaired) electrons. The molecule has 1 aliphatic rings. The van der Waals surface area contributed by atoms with Crippen LogP contribution in [0.4, 0.5) is 4.39 Å². The third kappa shape index (κ3) is 3.52. The molecule has 1 fully saturated rings. The number of amides is 1. The first kappa shape index (κ1) is 17.2. The lowest BCUT2D eigenvalue weighted by molar-refractivity contribution is 0.0595. The van der Waals surface area contributed by atoms with Crippen molar-refractivity contribution < 1.29 is 13.9 Å². The SMILES string of the molecule is O=C(c1ccc(F)cc1)N1CCC(Oc2nc3c(Cl)cccc3s2)CC1. The van der Waals surface area contributed by atoms with E-state index in [0.29, 0.717) is 28.9 Å². The number of rotatable bonds is 3. The summed E-state index contributed by atoms with van der Waals surface area (Å²) in [5.74, 6) is -0.417. The monoisotopic (exact) mass is 390 g/mol.